The van der Waals surface area contributed by atoms with Gasteiger partial charge < -0.3 is 16.0 Å². The van der Waals surface area contributed by atoms with Crippen molar-refractivity contribution in [2.75, 3.05) is 12.4 Å². The van der Waals surface area contributed by atoms with Gasteiger partial charge in [-0.25, -0.2) is 0 Å². The number of benzene rings is 2. The largest absolute Gasteiger partial charge is 0.393 e. The Hall–Kier alpha value is -3.59. The van der Waals surface area contributed by atoms with Crippen molar-refractivity contribution < 1.29 is 0 Å². The summed E-state index contributed by atoms with van der Waals surface area (Å²) in [6, 6.07) is 12.9. The molecule has 0 heterocycles. The highest BCUT2D eigenvalue weighted by Crippen LogP contribution is 2.37. The Morgan fingerprint density at radius 3 is 2.56 bits per heavy atom. The molecule has 0 bridgehead atoms. The second kappa shape index (κ2) is 10.1. The highest BCUT2D eigenvalue weighted by Gasteiger charge is 2.21. The molecular weight excluding hydrogens is 390 g/mol. The molecule has 1 aliphatic rings. The summed E-state index contributed by atoms with van der Waals surface area (Å²) in [5, 5.41) is 15.0. The number of aryl methyl sites for hydroxylation is 2. The highest BCUT2D eigenvalue weighted by atomic mass is 14.9. The van der Waals surface area contributed by atoms with E-state index in [0.29, 0.717) is 5.71 Å². The van der Waals surface area contributed by atoms with Gasteiger partial charge in [0, 0.05) is 30.5 Å². The van der Waals surface area contributed by atoms with Gasteiger partial charge in [-0.1, -0.05) is 60.7 Å². The molecule has 0 fully saturated rings. The summed E-state index contributed by atoms with van der Waals surface area (Å²) < 4.78 is 0. The molecule has 164 valence electrons. The van der Waals surface area contributed by atoms with E-state index in [0.717, 1.165) is 33.5 Å². The Morgan fingerprint density at radius 1 is 1.12 bits per heavy atom. The summed E-state index contributed by atoms with van der Waals surface area (Å²) in [6.07, 6.45) is 11.9. The molecule has 3 heteroatoms. The normalized spacial score (nSPS) is 15.7. The van der Waals surface area contributed by atoms with E-state index in [9.17, 15) is 0 Å². The van der Waals surface area contributed by atoms with Crippen LogP contribution in [0.4, 0.5) is 5.69 Å². The molecule has 32 heavy (non-hydrogen) atoms. The second-order valence-corrected chi connectivity index (χ2v) is 8.22. The van der Waals surface area contributed by atoms with Crippen LogP contribution >= 0.6 is 0 Å². The molecule has 0 aliphatic heterocycles. The zero-order valence-electron chi connectivity index (χ0n) is 19.7. The molecule has 0 saturated carbocycles. The molecule has 2 aromatic rings. The third-order valence-electron chi connectivity index (χ3n) is 5.65. The average molecular weight is 424 g/mol. The van der Waals surface area contributed by atoms with E-state index in [1.807, 2.05) is 38.4 Å². The lowest BCUT2D eigenvalue weighted by atomic mass is 9.83. The van der Waals surface area contributed by atoms with Crippen molar-refractivity contribution in [3.05, 3.63) is 113 Å². The molecule has 2 aromatic carbocycles. The van der Waals surface area contributed by atoms with Crippen molar-refractivity contribution in [2.45, 2.75) is 33.7 Å². The van der Waals surface area contributed by atoms with E-state index in [2.05, 4.69) is 86.5 Å². The fourth-order valence-corrected chi connectivity index (χ4v) is 4.06. The van der Waals surface area contributed by atoms with E-state index >= 15 is 0 Å². The molecule has 0 spiro atoms. The van der Waals surface area contributed by atoms with Gasteiger partial charge in [0.2, 0.25) is 0 Å². The van der Waals surface area contributed by atoms with Crippen molar-refractivity contribution >= 4 is 22.5 Å². The fourth-order valence-electron chi connectivity index (χ4n) is 4.06. The Bertz CT molecular complexity index is 1160. The topological polar surface area (TPSA) is 47.9 Å². The van der Waals surface area contributed by atoms with Crippen molar-refractivity contribution in [3.8, 4) is 0 Å². The Morgan fingerprint density at radius 2 is 1.88 bits per heavy atom. The smallest absolute Gasteiger partial charge is 0.0627 e. The Labute approximate surface area is 192 Å². The summed E-state index contributed by atoms with van der Waals surface area (Å²) in [5.74, 6) is 0. The van der Waals surface area contributed by atoms with Crippen LogP contribution in [-0.4, -0.2) is 12.8 Å². The quantitative estimate of drug-likeness (QED) is 0.414. The molecule has 0 aromatic heterocycles. The van der Waals surface area contributed by atoms with Crippen LogP contribution < -0.4 is 10.6 Å². The average Bonchev–Trinajstić information content (AvgIpc) is 2.76. The monoisotopic (exact) mass is 423 g/mol. The first kappa shape index (κ1) is 23.1. The van der Waals surface area contributed by atoms with Crippen LogP contribution in [0.5, 0.6) is 0 Å². The van der Waals surface area contributed by atoms with Gasteiger partial charge in [-0.2, -0.15) is 0 Å². The minimum absolute atomic E-state index is 0.0792. The van der Waals surface area contributed by atoms with E-state index < -0.39 is 0 Å². The van der Waals surface area contributed by atoms with Crippen molar-refractivity contribution in [3.63, 3.8) is 0 Å². The molecule has 3 nitrogen and oxygen atoms in total. The molecule has 3 N–H and O–H groups in total. The van der Waals surface area contributed by atoms with Crippen molar-refractivity contribution in [1.82, 2.24) is 5.32 Å². The zero-order valence-corrected chi connectivity index (χ0v) is 19.7. The van der Waals surface area contributed by atoms with Crippen molar-refractivity contribution in [2.24, 2.45) is 0 Å². The van der Waals surface area contributed by atoms with Crippen LogP contribution in [0.15, 0.2) is 85.1 Å². The van der Waals surface area contributed by atoms with Gasteiger partial charge in [0.15, 0.2) is 0 Å². The molecule has 0 saturated heterocycles. The number of rotatable bonds is 7. The van der Waals surface area contributed by atoms with Gasteiger partial charge in [0.25, 0.3) is 0 Å². The first-order valence-electron chi connectivity index (χ1n) is 11.0. The standard InChI is InChI=1S/C29H33N3/c1-7-10-20(3)25-15-19(2)16-26(22(5)32-28-12-9-8-11-21(28)4)29(25)23-13-14-27(30)24(17-23)18-31-6/h7-18,22,30-32H,3H2,1-2,4-6H3/b10-7-,24-18-,30-27?. The minimum atomic E-state index is 0.0792. The molecule has 1 aliphatic carbocycles. The van der Waals surface area contributed by atoms with Crippen LogP contribution in [0.3, 0.4) is 0 Å². The summed E-state index contributed by atoms with van der Waals surface area (Å²) in [5.41, 5.74) is 10.4. The number of hydrogen-bond acceptors (Lipinski definition) is 3. The number of para-hydroxylation sites is 1. The molecule has 0 radical (unpaired) electrons. The van der Waals surface area contributed by atoms with Crippen LogP contribution in [0.2, 0.25) is 0 Å². The van der Waals surface area contributed by atoms with E-state index in [1.165, 1.54) is 16.7 Å². The van der Waals surface area contributed by atoms with Crippen molar-refractivity contribution in [1.29, 1.82) is 5.41 Å². The summed E-state index contributed by atoms with van der Waals surface area (Å²) in [7, 11) is 1.86. The molecular formula is C29H33N3. The van der Waals surface area contributed by atoms with Gasteiger partial charge in [-0.15, -0.1) is 0 Å². The summed E-state index contributed by atoms with van der Waals surface area (Å²) >= 11 is 0. The molecule has 1 atom stereocenters. The number of allylic oxidation sites excluding steroid dienone is 8. The van der Waals surface area contributed by atoms with Crippen LogP contribution in [0.1, 0.15) is 47.7 Å². The SMILES string of the molecule is C=C(/C=C\C)c1cc(C)cc(C(C)Nc2ccccc2C)c1C1=C/C(=C/NC)C(=N)C=C1. The van der Waals surface area contributed by atoms with Gasteiger partial charge in [0.05, 0.1) is 5.71 Å². The van der Waals surface area contributed by atoms with E-state index in [-0.39, 0.29) is 6.04 Å². The number of anilines is 1. The number of hydrogen-bond donors (Lipinski definition) is 3. The maximum Gasteiger partial charge on any atom is 0.0627 e. The van der Waals surface area contributed by atoms with Gasteiger partial charge in [-0.05, 0) is 79.3 Å². The summed E-state index contributed by atoms with van der Waals surface area (Å²) in [4.78, 5) is 0. The maximum atomic E-state index is 8.27. The Kier molecular flexibility index (Phi) is 7.32. The van der Waals surface area contributed by atoms with Gasteiger partial charge in [-0.3, -0.25) is 0 Å². The highest BCUT2D eigenvalue weighted by molar-refractivity contribution is 6.13. The Balaban J connectivity index is 2.21. The maximum absolute atomic E-state index is 8.27. The third kappa shape index (κ3) is 5.00. The van der Waals surface area contributed by atoms with Gasteiger partial charge >= 0.3 is 0 Å². The molecule has 3 rings (SSSR count). The third-order valence-corrected chi connectivity index (χ3v) is 5.65. The molecule has 0 amide bonds. The van der Waals surface area contributed by atoms with Crippen LogP contribution in [-0.2, 0) is 0 Å². The van der Waals surface area contributed by atoms with Crippen LogP contribution in [0.25, 0.3) is 11.1 Å². The lowest BCUT2D eigenvalue weighted by Gasteiger charge is -2.25. The lowest BCUT2D eigenvalue weighted by molar-refractivity contribution is 0.876. The second-order valence-electron chi connectivity index (χ2n) is 8.22. The van der Waals surface area contributed by atoms with E-state index in [4.69, 9.17) is 5.41 Å². The molecule has 1 unspecified atom stereocenters. The minimum Gasteiger partial charge on any atom is -0.393 e. The fraction of sp³-hybridized carbons (Fsp3) is 0.207. The summed E-state index contributed by atoms with van der Waals surface area (Å²) in [6.45, 7) is 12.8. The zero-order chi connectivity index (χ0) is 23.3. The first-order valence-corrected chi connectivity index (χ1v) is 11.0. The first-order chi connectivity index (χ1) is 15.3. The predicted octanol–water partition coefficient (Wildman–Crippen LogP) is 7.14. The number of nitrogens with one attached hydrogen (secondary N) is 3. The predicted molar refractivity (Wildman–Crippen MR) is 140 cm³/mol. The van der Waals surface area contributed by atoms with Gasteiger partial charge in [0.1, 0.15) is 0 Å². The lowest BCUT2D eigenvalue weighted by Crippen LogP contribution is -2.13. The van der Waals surface area contributed by atoms with Crippen LogP contribution in [0, 0.1) is 19.3 Å². The van der Waals surface area contributed by atoms with E-state index in [1.54, 1.807) is 0 Å².